The van der Waals surface area contributed by atoms with Crippen molar-refractivity contribution in [1.82, 2.24) is 4.90 Å². The van der Waals surface area contributed by atoms with Crippen LogP contribution in [0.2, 0.25) is 5.02 Å². The molecule has 0 radical (unpaired) electrons. The summed E-state index contributed by atoms with van der Waals surface area (Å²) in [5, 5.41) is 2.91. The lowest BCUT2D eigenvalue weighted by Gasteiger charge is -2.24. The van der Waals surface area contributed by atoms with E-state index in [1.807, 2.05) is 12.1 Å². The van der Waals surface area contributed by atoms with Gasteiger partial charge in [-0.05, 0) is 43.8 Å². The maximum atomic E-state index is 13.6. The normalized spacial score (nSPS) is 12.3. The van der Waals surface area contributed by atoms with Crippen LogP contribution in [0.15, 0.2) is 42.5 Å². The Balaban J connectivity index is 2.04. The molecule has 2 rings (SSSR count). The Hall–Kier alpha value is -1.98. The molecular weight excluding hydrogens is 322 g/mol. The fraction of sp³-hybridized carbons (Fsp3) is 0.235. The Morgan fingerprint density at radius 3 is 2.43 bits per heavy atom. The molecule has 122 valence electrons. The molecule has 0 heterocycles. The minimum Gasteiger partial charge on any atom is -0.320 e. The van der Waals surface area contributed by atoms with E-state index in [2.05, 4.69) is 5.32 Å². The number of amides is 1. The van der Waals surface area contributed by atoms with Gasteiger partial charge in [0.1, 0.15) is 17.3 Å². The summed E-state index contributed by atoms with van der Waals surface area (Å²) in [5.74, 6) is -2.09. The number of halogens is 3. The summed E-state index contributed by atoms with van der Waals surface area (Å²) in [6.07, 6.45) is 0. The number of hydrogen-bond donors (Lipinski definition) is 1. The molecular formula is C17H17ClF2N2O. The molecule has 0 spiro atoms. The zero-order chi connectivity index (χ0) is 17.0. The van der Waals surface area contributed by atoms with Gasteiger partial charge in [-0.1, -0.05) is 29.8 Å². The van der Waals surface area contributed by atoms with Crippen LogP contribution in [0.25, 0.3) is 0 Å². The summed E-state index contributed by atoms with van der Waals surface area (Å²) >= 11 is 5.93. The number of benzene rings is 2. The Morgan fingerprint density at radius 1 is 1.22 bits per heavy atom. The largest absolute Gasteiger partial charge is 0.320 e. The average molecular weight is 339 g/mol. The van der Waals surface area contributed by atoms with Crippen LogP contribution in [-0.4, -0.2) is 23.9 Å². The highest BCUT2D eigenvalue weighted by Gasteiger charge is 2.21. The molecule has 0 aromatic heterocycles. The number of anilines is 1. The number of hydrogen-bond acceptors (Lipinski definition) is 2. The van der Waals surface area contributed by atoms with E-state index in [0.717, 1.165) is 17.7 Å². The van der Waals surface area contributed by atoms with E-state index in [0.29, 0.717) is 11.6 Å². The van der Waals surface area contributed by atoms with Crippen LogP contribution in [0.5, 0.6) is 0 Å². The van der Waals surface area contributed by atoms with E-state index in [1.54, 1.807) is 31.0 Å². The summed E-state index contributed by atoms with van der Waals surface area (Å²) < 4.78 is 27.2. The summed E-state index contributed by atoms with van der Waals surface area (Å²) in [5.41, 5.74) is 0.511. The number of carbonyl (C=O) groups excluding carboxylic acids is 1. The fourth-order valence-electron chi connectivity index (χ4n) is 2.11. The Bertz CT molecular complexity index is 688. The molecule has 1 atom stereocenters. The Morgan fingerprint density at radius 2 is 1.83 bits per heavy atom. The van der Waals surface area contributed by atoms with E-state index in [-0.39, 0.29) is 0 Å². The molecule has 0 aliphatic heterocycles. The van der Waals surface area contributed by atoms with Crippen LogP contribution in [0.3, 0.4) is 0 Å². The minimum absolute atomic E-state index is 0.430. The third-order valence-corrected chi connectivity index (χ3v) is 3.81. The number of carbonyl (C=O) groups is 1. The third kappa shape index (κ3) is 4.50. The molecule has 2 aromatic rings. The molecule has 2 aromatic carbocycles. The first-order valence-electron chi connectivity index (χ1n) is 7.08. The van der Waals surface area contributed by atoms with E-state index >= 15 is 0 Å². The van der Waals surface area contributed by atoms with Gasteiger partial charge in [0.25, 0.3) is 0 Å². The van der Waals surface area contributed by atoms with Crippen LogP contribution >= 0.6 is 11.6 Å². The first-order chi connectivity index (χ1) is 10.9. The molecule has 0 saturated carbocycles. The molecule has 0 aliphatic carbocycles. The van der Waals surface area contributed by atoms with Crippen molar-refractivity contribution >= 4 is 23.2 Å². The Kier molecular flexibility index (Phi) is 5.69. The highest BCUT2D eigenvalue weighted by molar-refractivity contribution is 6.30. The van der Waals surface area contributed by atoms with Crippen molar-refractivity contribution in [2.45, 2.75) is 19.5 Å². The van der Waals surface area contributed by atoms with Crippen molar-refractivity contribution < 1.29 is 13.6 Å². The van der Waals surface area contributed by atoms with E-state index < -0.39 is 29.3 Å². The van der Waals surface area contributed by atoms with Gasteiger partial charge in [0.15, 0.2) is 0 Å². The van der Waals surface area contributed by atoms with Gasteiger partial charge in [-0.3, -0.25) is 9.69 Å². The van der Waals surface area contributed by atoms with Gasteiger partial charge in [-0.25, -0.2) is 8.78 Å². The number of rotatable bonds is 5. The monoisotopic (exact) mass is 338 g/mol. The van der Waals surface area contributed by atoms with Gasteiger partial charge < -0.3 is 5.32 Å². The van der Waals surface area contributed by atoms with Crippen molar-refractivity contribution in [2.24, 2.45) is 0 Å². The second kappa shape index (κ2) is 7.53. The predicted octanol–water partition coefficient (Wildman–Crippen LogP) is 4.08. The van der Waals surface area contributed by atoms with Gasteiger partial charge in [-0.15, -0.1) is 0 Å². The van der Waals surface area contributed by atoms with Crippen molar-refractivity contribution in [2.75, 3.05) is 12.4 Å². The maximum Gasteiger partial charge on any atom is 0.241 e. The fourth-order valence-corrected chi connectivity index (χ4v) is 2.32. The van der Waals surface area contributed by atoms with E-state index in [1.165, 1.54) is 6.07 Å². The molecule has 0 fully saturated rings. The van der Waals surface area contributed by atoms with Crippen molar-refractivity contribution in [3.63, 3.8) is 0 Å². The summed E-state index contributed by atoms with van der Waals surface area (Å²) in [6.45, 7) is 2.15. The van der Waals surface area contributed by atoms with Gasteiger partial charge in [0.2, 0.25) is 5.91 Å². The second-order valence-electron chi connectivity index (χ2n) is 5.31. The highest BCUT2D eigenvalue weighted by Crippen LogP contribution is 2.19. The lowest BCUT2D eigenvalue weighted by Crippen LogP contribution is -2.39. The molecule has 1 N–H and O–H groups in total. The van der Waals surface area contributed by atoms with Crippen LogP contribution in [0.1, 0.15) is 12.5 Å². The smallest absolute Gasteiger partial charge is 0.241 e. The quantitative estimate of drug-likeness (QED) is 0.891. The molecule has 0 bridgehead atoms. The van der Waals surface area contributed by atoms with Crippen LogP contribution < -0.4 is 5.32 Å². The first-order valence-corrected chi connectivity index (χ1v) is 7.46. The number of nitrogens with one attached hydrogen (secondary N) is 1. The zero-order valence-electron chi connectivity index (χ0n) is 12.8. The predicted molar refractivity (Wildman–Crippen MR) is 87.4 cm³/mol. The first kappa shape index (κ1) is 17.4. The third-order valence-electron chi connectivity index (χ3n) is 3.57. The summed E-state index contributed by atoms with van der Waals surface area (Å²) in [7, 11) is 1.75. The molecule has 3 nitrogen and oxygen atoms in total. The van der Waals surface area contributed by atoms with Crippen LogP contribution in [0.4, 0.5) is 14.5 Å². The SMILES string of the molecule is C[C@@H](C(=O)Nc1c(F)cccc1F)N(C)Cc1cccc(Cl)c1. The van der Waals surface area contributed by atoms with Crippen LogP contribution in [0, 0.1) is 11.6 Å². The summed E-state index contributed by atoms with van der Waals surface area (Å²) in [4.78, 5) is 14.0. The lowest BCUT2D eigenvalue weighted by atomic mass is 10.2. The number of likely N-dealkylation sites (N-methyl/N-ethyl adjacent to an activating group) is 1. The maximum absolute atomic E-state index is 13.6. The van der Waals surface area contributed by atoms with E-state index in [9.17, 15) is 13.6 Å². The number of para-hydroxylation sites is 1. The van der Waals surface area contributed by atoms with E-state index in [4.69, 9.17) is 11.6 Å². The summed E-state index contributed by atoms with van der Waals surface area (Å²) in [6, 6.07) is 10.1. The topological polar surface area (TPSA) is 32.3 Å². The van der Waals surface area contributed by atoms with Crippen molar-refractivity contribution in [3.8, 4) is 0 Å². The Labute approximate surface area is 138 Å². The van der Waals surface area contributed by atoms with Crippen molar-refractivity contribution in [3.05, 3.63) is 64.7 Å². The van der Waals surface area contributed by atoms with Gasteiger partial charge in [0.05, 0.1) is 6.04 Å². The van der Waals surface area contributed by atoms with Gasteiger partial charge in [0, 0.05) is 11.6 Å². The van der Waals surface area contributed by atoms with Gasteiger partial charge >= 0.3 is 0 Å². The van der Waals surface area contributed by atoms with Crippen molar-refractivity contribution in [1.29, 1.82) is 0 Å². The molecule has 0 aliphatic rings. The molecule has 0 unspecified atom stereocenters. The molecule has 6 heteroatoms. The van der Waals surface area contributed by atoms with Crippen LogP contribution in [-0.2, 0) is 11.3 Å². The lowest BCUT2D eigenvalue weighted by molar-refractivity contribution is -0.120. The average Bonchev–Trinajstić information content (AvgIpc) is 2.50. The molecule has 0 saturated heterocycles. The second-order valence-corrected chi connectivity index (χ2v) is 5.74. The molecule has 1 amide bonds. The number of nitrogens with zero attached hydrogens (tertiary/aromatic N) is 1. The minimum atomic E-state index is -0.803. The zero-order valence-corrected chi connectivity index (χ0v) is 13.6. The highest BCUT2D eigenvalue weighted by atomic mass is 35.5. The van der Waals surface area contributed by atoms with Gasteiger partial charge in [-0.2, -0.15) is 0 Å². The standard InChI is InChI=1S/C17H17ClF2N2O/c1-11(22(2)10-12-5-3-6-13(18)9-12)17(23)21-16-14(19)7-4-8-15(16)20/h3-9,11H,10H2,1-2H3,(H,21,23)/t11-/m0/s1. The molecule has 23 heavy (non-hydrogen) atoms.